The van der Waals surface area contributed by atoms with Crippen LogP contribution in [0.25, 0.3) is 11.0 Å². The lowest BCUT2D eigenvalue weighted by atomic mass is 9.86. The minimum Gasteiger partial charge on any atom is -0.405 e. The zero-order valence-electron chi connectivity index (χ0n) is 19.0. The monoisotopic (exact) mass is 474 g/mol. The van der Waals surface area contributed by atoms with Gasteiger partial charge < -0.3 is 14.6 Å². The highest BCUT2D eigenvalue weighted by Crippen LogP contribution is 2.43. The number of ether oxygens (including phenoxy) is 1. The largest absolute Gasteiger partial charge is 0.573 e. The highest BCUT2D eigenvalue weighted by molar-refractivity contribution is 6.10. The summed E-state index contributed by atoms with van der Waals surface area (Å²) in [6, 6.07) is 8.72. The first kappa shape index (κ1) is 23.6. The molecule has 10 heteroatoms. The second kappa shape index (κ2) is 8.66. The number of para-hydroxylation sites is 1. The fourth-order valence-corrected chi connectivity index (χ4v) is 4.18. The minimum atomic E-state index is -4.93. The Balaban J connectivity index is 1.63. The molecule has 0 atom stereocenters. The van der Waals surface area contributed by atoms with E-state index in [1.54, 1.807) is 11.0 Å². The topological polar surface area (TPSA) is 87.3 Å². The van der Waals surface area contributed by atoms with Gasteiger partial charge in [-0.15, -0.1) is 13.2 Å². The first-order chi connectivity index (χ1) is 16.0. The molecule has 2 N–H and O–H groups in total. The molecule has 1 aliphatic heterocycles. The molecule has 2 heterocycles. The molecule has 180 valence electrons. The van der Waals surface area contributed by atoms with Crippen molar-refractivity contribution < 1.29 is 27.5 Å². The Labute approximate surface area is 194 Å². The number of aromatic amines is 1. The minimum absolute atomic E-state index is 0.0288. The fourth-order valence-electron chi connectivity index (χ4n) is 4.18. The number of imidazole rings is 1. The van der Waals surface area contributed by atoms with Gasteiger partial charge in [0.2, 0.25) is 11.9 Å². The number of aromatic nitrogens is 2. The van der Waals surface area contributed by atoms with Gasteiger partial charge in [0.15, 0.2) is 0 Å². The molecule has 7 nitrogen and oxygen atoms in total. The molecule has 0 saturated carbocycles. The van der Waals surface area contributed by atoms with Crippen molar-refractivity contribution in [2.24, 2.45) is 0 Å². The molecule has 0 fully saturated rings. The first-order valence-corrected chi connectivity index (χ1v) is 11.0. The zero-order chi connectivity index (χ0) is 24.7. The van der Waals surface area contributed by atoms with Gasteiger partial charge in [0.1, 0.15) is 5.75 Å². The van der Waals surface area contributed by atoms with Crippen molar-refractivity contribution in [1.82, 2.24) is 9.97 Å². The lowest BCUT2D eigenvalue weighted by molar-refractivity contribution is -0.274. The Hall–Kier alpha value is -3.56. The quantitative estimate of drug-likeness (QED) is 0.441. The van der Waals surface area contributed by atoms with E-state index >= 15 is 0 Å². The molecular weight excluding hydrogens is 449 g/mol. The molecule has 4 rings (SSSR count). The fraction of sp³-hybridized carbons (Fsp3) is 0.375. The number of hydrogen-bond acceptors (Lipinski definition) is 4. The molecule has 2 aromatic carbocycles. The number of carbonyl (C=O) groups is 2. The van der Waals surface area contributed by atoms with Crippen LogP contribution >= 0.6 is 0 Å². The summed E-state index contributed by atoms with van der Waals surface area (Å²) in [5.74, 6) is -1.30. The van der Waals surface area contributed by atoms with E-state index in [1.807, 2.05) is 19.9 Å². The number of anilines is 2. The molecule has 0 radical (unpaired) electrons. The van der Waals surface area contributed by atoms with Crippen LogP contribution in [0.4, 0.5) is 24.8 Å². The molecule has 34 heavy (non-hydrogen) atoms. The van der Waals surface area contributed by atoms with Crippen LogP contribution in [0.15, 0.2) is 36.4 Å². The molecule has 2 amide bonds. The lowest BCUT2D eigenvalue weighted by Crippen LogP contribution is -2.36. The molecule has 0 bridgehead atoms. The van der Waals surface area contributed by atoms with Gasteiger partial charge in [-0.3, -0.25) is 14.9 Å². The predicted molar refractivity (Wildman–Crippen MR) is 122 cm³/mol. The highest BCUT2D eigenvalue weighted by Gasteiger charge is 2.44. The van der Waals surface area contributed by atoms with Crippen LogP contribution in [0.5, 0.6) is 5.75 Å². The van der Waals surface area contributed by atoms with Gasteiger partial charge in [-0.25, -0.2) is 4.98 Å². The second-order valence-corrected chi connectivity index (χ2v) is 8.76. The third kappa shape index (κ3) is 4.44. The summed E-state index contributed by atoms with van der Waals surface area (Å²) in [4.78, 5) is 34.8. The SMILES string of the molecule is CCCCCN1C(=O)C(C)(C)c2cc3[nH]c(NC(=O)c4ccccc4OC(F)(F)F)nc3cc21. The Morgan fingerprint density at radius 2 is 1.94 bits per heavy atom. The number of halogens is 3. The summed E-state index contributed by atoms with van der Waals surface area (Å²) in [5.41, 5.74) is 1.78. The third-order valence-corrected chi connectivity index (χ3v) is 5.92. The summed E-state index contributed by atoms with van der Waals surface area (Å²) in [6.07, 6.45) is -1.99. The van der Waals surface area contributed by atoms with E-state index in [-0.39, 0.29) is 17.4 Å². The number of hydrogen-bond donors (Lipinski definition) is 2. The molecule has 0 unspecified atom stereocenters. The smallest absolute Gasteiger partial charge is 0.405 e. The normalized spacial score (nSPS) is 15.0. The summed E-state index contributed by atoms with van der Waals surface area (Å²) < 4.78 is 42.0. The number of rotatable bonds is 7. The van der Waals surface area contributed by atoms with Gasteiger partial charge in [0.05, 0.1) is 27.7 Å². The van der Waals surface area contributed by atoms with E-state index in [0.29, 0.717) is 17.6 Å². The summed E-state index contributed by atoms with van der Waals surface area (Å²) in [5, 5.41) is 2.50. The molecule has 1 aliphatic rings. The lowest BCUT2D eigenvalue weighted by Gasteiger charge is -2.20. The van der Waals surface area contributed by atoms with Crippen molar-refractivity contribution in [2.45, 2.75) is 51.8 Å². The molecule has 0 saturated heterocycles. The van der Waals surface area contributed by atoms with E-state index in [9.17, 15) is 22.8 Å². The molecule has 0 aliphatic carbocycles. The van der Waals surface area contributed by atoms with Crippen LogP contribution in [-0.4, -0.2) is 34.7 Å². The van der Waals surface area contributed by atoms with Gasteiger partial charge >= 0.3 is 6.36 Å². The molecule has 1 aromatic heterocycles. The van der Waals surface area contributed by atoms with Gasteiger partial charge in [-0.05, 0) is 50.1 Å². The van der Waals surface area contributed by atoms with Crippen molar-refractivity contribution in [2.75, 3.05) is 16.8 Å². The van der Waals surface area contributed by atoms with E-state index in [0.717, 1.165) is 36.6 Å². The van der Waals surface area contributed by atoms with Crippen molar-refractivity contribution in [3.63, 3.8) is 0 Å². The number of H-pyrrole nitrogens is 1. The Morgan fingerprint density at radius 3 is 2.65 bits per heavy atom. The summed E-state index contributed by atoms with van der Waals surface area (Å²) in [7, 11) is 0. The molecule has 0 spiro atoms. The highest BCUT2D eigenvalue weighted by atomic mass is 19.4. The van der Waals surface area contributed by atoms with Gasteiger partial charge in [-0.1, -0.05) is 31.9 Å². The average molecular weight is 474 g/mol. The number of fused-ring (bicyclic) bond motifs is 2. The van der Waals surface area contributed by atoms with Crippen LogP contribution in [-0.2, 0) is 10.2 Å². The van der Waals surface area contributed by atoms with Crippen LogP contribution in [0, 0.1) is 0 Å². The zero-order valence-corrected chi connectivity index (χ0v) is 19.0. The third-order valence-electron chi connectivity index (χ3n) is 5.92. The van der Waals surface area contributed by atoms with Gasteiger partial charge in [-0.2, -0.15) is 0 Å². The number of carbonyl (C=O) groups excluding carboxylic acids is 2. The van der Waals surface area contributed by atoms with Crippen molar-refractivity contribution >= 4 is 34.5 Å². The molecule has 3 aromatic rings. The second-order valence-electron chi connectivity index (χ2n) is 8.76. The number of nitrogens with one attached hydrogen (secondary N) is 2. The van der Waals surface area contributed by atoms with E-state index in [2.05, 4.69) is 26.9 Å². The van der Waals surface area contributed by atoms with Crippen LogP contribution in [0.1, 0.15) is 56.0 Å². The van der Waals surface area contributed by atoms with Crippen molar-refractivity contribution in [3.05, 3.63) is 47.5 Å². The van der Waals surface area contributed by atoms with E-state index < -0.39 is 23.4 Å². The number of nitrogens with zero attached hydrogens (tertiary/aromatic N) is 2. The summed E-state index contributed by atoms with van der Waals surface area (Å²) >= 11 is 0. The first-order valence-electron chi connectivity index (χ1n) is 11.0. The Bertz CT molecular complexity index is 1250. The maximum atomic E-state index is 13.0. The molecular formula is C24H25F3N4O3. The number of amides is 2. The van der Waals surface area contributed by atoms with Crippen LogP contribution in [0.3, 0.4) is 0 Å². The summed E-state index contributed by atoms with van der Waals surface area (Å²) in [6.45, 7) is 6.45. The number of alkyl halides is 3. The Kier molecular flexibility index (Phi) is 6.01. The van der Waals surface area contributed by atoms with Crippen molar-refractivity contribution in [3.8, 4) is 5.75 Å². The number of benzene rings is 2. The maximum absolute atomic E-state index is 13.0. The number of unbranched alkanes of at least 4 members (excludes halogenated alkanes) is 2. The van der Waals surface area contributed by atoms with Crippen molar-refractivity contribution in [1.29, 1.82) is 0 Å². The van der Waals surface area contributed by atoms with E-state index in [1.165, 1.54) is 18.2 Å². The maximum Gasteiger partial charge on any atom is 0.573 e. The van der Waals surface area contributed by atoms with Crippen LogP contribution in [0.2, 0.25) is 0 Å². The Morgan fingerprint density at radius 1 is 1.21 bits per heavy atom. The predicted octanol–water partition coefficient (Wildman–Crippen LogP) is 5.53. The average Bonchev–Trinajstić information content (AvgIpc) is 3.22. The van der Waals surface area contributed by atoms with Crippen LogP contribution < -0.4 is 15.0 Å². The van der Waals surface area contributed by atoms with E-state index in [4.69, 9.17) is 0 Å². The van der Waals surface area contributed by atoms with Gasteiger partial charge in [0, 0.05) is 6.54 Å². The van der Waals surface area contributed by atoms with Gasteiger partial charge in [0.25, 0.3) is 5.91 Å². The standard InChI is InChI=1S/C24H25F3N4O3/c1-4-5-8-11-31-18-13-17-16(12-15(18)23(2,3)21(31)33)28-22(29-17)30-20(32)14-9-6-7-10-19(14)34-24(25,26)27/h6-7,9-10,12-13H,4-5,8,11H2,1-3H3,(H2,28,29,30,32).